The Kier molecular flexibility index (Phi) is 4.91. The van der Waals surface area contributed by atoms with Crippen LogP contribution in [0.3, 0.4) is 0 Å². The summed E-state index contributed by atoms with van der Waals surface area (Å²) in [6, 6.07) is 19.8. The van der Waals surface area contributed by atoms with Crippen LogP contribution in [0.5, 0.6) is 5.75 Å². The molecule has 6 nitrogen and oxygen atoms in total. The minimum absolute atomic E-state index is 0.251. The molecule has 6 heteroatoms. The van der Waals surface area contributed by atoms with Gasteiger partial charge in [0.05, 0.1) is 18.4 Å². The highest BCUT2D eigenvalue weighted by Gasteiger charge is 2.28. The first-order valence-corrected chi connectivity index (χ1v) is 9.29. The van der Waals surface area contributed by atoms with Crippen LogP contribution in [-0.4, -0.2) is 25.0 Å². The van der Waals surface area contributed by atoms with Gasteiger partial charge in [0.2, 0.25) is 5.91 Å². The molecule has 4 N–H and O–H groups in total. The summed E-state index contributed by atoms with van der Waals surface area (Å²) < 4.78 is 5.17. The normalized spacial score (nSPS) is 15.7. The smallest absolute Gasteiger partial charge is 0.254 e. The third kappa shape index (κ3) is 3.78. The van der Waals surface area contributed by atoms with E-state index < -0.39 is 6.04 Å². The summed E-state index contributed by atoms with van der Waals surface area (Å²) in [5, 5.41) is 5.64. The zero-order valence-electron chi connectivity index (χ0n) is 15.9. The van der Waals surface area contributed by atoms with Gasteiger partial charge in [-0.05, 0) is 35.4 Å². The predicted octanol–water partition coefficient (Wildman–Crippen LogP) is 3.24. The monoisotopic (exact) mass is 387 g/mol. The highest BCUT2D eigenvalue weighted by Crippen LogP contribution is 2.27. The maximum atomic E-state index is 12.6. The number of para-hydroxylation sites is 1. The molecule has 3 aromatic carbocycles. The zero-order valence-corrected chi connectivity index (χ0v) is 15.9. The topological polar surface area (TPSA) is 93.4 Å². The Balaban J connectivity index is 1.53. The van der Waals surface area contributed by atoms with Crippen molar-refractivity contribution in [1.29, 1.82) is 0 Å². The van der Waals surface area contributed by atoms with Crippen molar-refractivity contribution < 1.29 is 14.3 Å². The molecule has 1 aliphatic heterocycles. The van der Waals surface area contributed by atoms with E-state index in [0.29, 0.717) is 29.1 Å². The molecular weight excluding hydrogens is 366 g/mol. The van der Waals surface area contributed by atoms with Gasteiger partial charge >= 0.3 is 0 Å². The zero-order chi connectivity index (χ0) is 20.4. The average Bonchev–Trinajstić information content (AvgIpc) is 2.85. The molecule has 4 rings (SSSR count). The number of nitrogens with one attached hydrogen (secondary N) is 2. The van der Waals surface area contributed by atoms with E-state index in [1.807, 2.05) is 48.5 Å². The van der Waals surface area contributed by atoms with E-state index in [1.165, 1.54) is 7.11 Å². The van der Waals surface area contributed by atoms with Crippen molar-refractivity contribution in [1.82, 2.24) is 5.32 Å². The molecule has 0 fully saturated rings. The van der Waals surface area contributed by atoms with E-state index in [9.17, 15) is 9.59 Å². The van der Waals surface area contributed by atoms with Crippen molar-refractivity contribution in [2.24, 2.45) is 0 Å². The molecule has 0 radical (unpaired) electrons. The molecule has 1 aliphatic rings. The van der Waals surface area contributed by atoms with Crippen LogP contribution in [-0.2, 0) is 11.2 Å². The van der Waals surface area contributed by atoms with E-state index >= 15 is 0 Å². The first-order valence-electron chi connectivity index (χ1n) is 9.29. The fourth-order valence-electron chi connectivity index (χ4n) is 3.43. The van der Waals surface area contributed by atoms with Crippen LogP contribution in [0.15, 0.2) is 66.7 Å². The van der Waals surface area contributed by atoms with Crippen LogP contribution < -0.4 is 21.1 Å². The lowest BCUT2D eigenvalue weighted by Gasteiger charge is -2.15. The second-order valence-electron chi connectivity index (χ2n) is 6.92. The number of rotatable bonds is 4. The first kappa shape index (κ1) is 18.6. The molecule has 1 atom stereocenters. The molecule has 2 amide bonds. The van der Waals surface area contributed by atoms with Gasteiger partial charge in [-0.25, -0.2) is 0 Å². The standard InChI is InChI=1S/C23H21N3O3/c1-29-16-10-11-20-18(13-16)22(27)26-21(23(28)25-20)12-14-6-8-15(9-7-14)17-4-2-3-5-19(17)24/h2-11,13,21H,12,24H2,1H3,(H,25,28)(H,26,27). The predicted molar refractivity (Wildman–Crippen MR) is 113 cm³/mol. The van der Waals surface area contributed by atoms with Crippen molar-refractivity contribution in [3.63, 3.8) is 0 Å². The van der Waals surface area contributed by atoms with Crippen molar-refractivity contribution in [3.05, 3.63) is 77.9 Å². The average molecular weight is 387 g/mol. The highest BCUT2D eigenvalue weighted by atomic mass is 16.5. The number of hydrogen-bond acceptors (Lipinski definition) is 4. The Morgan fingerprint density at radius 2 is 1.72 bits per heavy atom. The number of nitrogens with two attached hydrogens (primary N) is 1. The van der Waals surface area contributed by atoms with Gasteiger partial charge in [0, 0.05) is 17.7 Å². The van der Waals surface area contributed by atoms with Gasteiger partial charge in [-0.2, -0.15) is 0 Å². The molecular formula is C23H21N3O3. The fourth-order valence-corrected chi connectivity index (χ4v) is 3.43. The Morgan fingerprint density at radius 1 is 0.966 bits per heavy atom. The van der Waals surface area contributed by atoms with Gasteiger partial charge in [-0.1, -0.05) is 42.5 Å². The minimum Gasteiger partial charge on any atom is -0.497 e. The first-order chi connectivity index (χ1) is 14.0. The highest BCUT2D eigenvalue weighted by molar-refractivity contribution is 6.10. The lowest BCUT2D eigenvalue weighted by atomic mass is 9.99. The maximum Gasteiger partial charge on any atom is 0.254 e. The van der Waals surface area contributed by atoms with Crippen LogP contribution >= 0.6 is 0 Å². The van der Waals surface area contributed by atoms with Crippen LogP contribution in [0, 0.1) is 0 Å². The maximum absolute atomic E-state index is 12.6. The molecule has 0 bridgehead atoms. The largest absolute Gasteiger partial charge is 0.497 e. The van der Waals surface area contributed by atoms with Crippen molar-refractivity contribution in [3.8, 4) is 16.9 Å². The van der Waals surface area contributed by atoms with Crippen LogP contribution in [0.2, 0.25) is 0 Å². The molecule has 146 valence electrons. The summed E-state index contributed by atoms with van der Waals surface area (Å²) in [5.41, 5.74) is 10.5. The lowest BCUT2D eigenvalue weighted by Crippen LogP contribution is -2.42. The quantitative estimate of drug-likeness (QED) is 0.599. The van der Waals surface area contributed by atoms with Gasteiger partial charge in [0.15, 0.2) is 0 Å². The molecule has 0 saturated heterocycles. The van der Waals surface area contributed by atoms with Crippen molar-refractivity contribution >= 4 is 23.2 Å². The summed E-state index contributed by atoms with van der Waals surface area (Å²) in [5.74, 6) is -0.00282. The molecule has 0 aliphatic carbocycles. The number of ether oxygens (including phenoxy) is 1. The molecule has 0 saturated carbocycles. The molecule has 29 heavy (non-hydrogen) atoms. The summed E-state index contributed by atoms with van der Waals surface area (Å²) in [4.78, 5) is 25.3. The number of carbonyl (C=O) groups is 2. The van der Waals surface area contributed by atoms with Gasteiger partial charge < -0.3 is 21.1 Å². The Hall–Kier alpha value is -3.80. The van der Waals surface area contributed by atoms with Crippen LogP contribution in [0.4, 0.5) is 11.4 Å². The second-order valence-corrected chi connectivity index (χ2v) is 6.92. The molecule has 1 unspecified atom stereocenters. The van der Waals surface area contributed by atoms with Gasteiger partial charge in [-0.15, -0.1) is 0 Å². The van der Waals surface area contributed by atoms with E-state index in [4.69, 9.17) is 10.5 Å². The number of fused-ring (bicyclic) bond motifs is 1. The summed E-state index contributed by atoms with van der Waals surface area (Å²) in [6.45, 7) is 0. The SMILES string of the molecule is COc1ccc2c(c1)C(=O)NC(Cc1ccc(-c3ccccc3N)cc1)C(=O)N2. The Labute approximate surface area is 168 Å². The Bertz CT molecular complexity index is 1080. The number of amides is 2. The molecule has 3 aromatic rings. The summed E-state index contributed by atoms with van der Waals surface area (Å²) in [6.07, 6.45) is 0.382. The van der Waals surface area contributed by atoms with E-state index in [-0.39, 0.29) is 11.8 Å². The van der Waals surface area contributed by atoms with Gasteiger partial charge in [0.25, 0.3) is 5.91 Å². The number of anilines is 2. The molecule has 0 spiro atoms. The summed E-state index contributed by atoms with van der Waals surface area (Å²) >= 11 is 0. The number of hydrogen-bond donors (Lipinski definition) is 3. The second kappa shape index (κ2) is 7.67. The van der Waals surface area contributed by atoms with Crippen molar-refractivity contribution in [2.75, 3.05) is 18.2 Å². The van der Waals surface area contributed by atoms with Crippen molar-refractivity contribution in [2.45, 2.75) is 12.5 Å². The van der Waals surface area contributed by atoms with Crippen LogP contribution in [0.25, 0.3) is 11.1 Å². The molecule has 1 heterocycles. The Morgan fingerprint density at radius 3 is 2.45 bits per heavy atom. The minimum atomic E-state index is -0.673. The van der Waals surface area contributed by atoms with Gasteiger partial charge in [0.1, 0.15) is 11.8 Å². The summed E-state index contributed by atoms with van der Waals surface area (Å²) in [7, 11) is 1.53. The third-order valence-electron chi connectivity index (χ3n) is 5.02. The van der Waals surface area contributed by atoms with E-state index in [2.05, 4.69) is 10.6 Å². The fraction of sp³-hybridized carbons (Fsp3) is 0.130. The lowest BCUT2D eigenvalue weighted by molar-refractivity contribution is -0.117. The third-order valence-corrected chi connectivity index (χ3v) is 5.02. The van der Waals surface area contributed by atoms with Gasteiger partial charge in [-0.3, -0.25) is 9.59 Å². The molecule has 0 aromatic heterocycles. The number of carbonyl (C=O) groups excluding carboxylic acids is 2. The van der Waals surface area contributed by atoms with E-state index in [1.54, 1.807) is 18.2 Å². The number of nitrogen functional groups attached to an aromatic ring is 1. The van der Waals surface area contributed by atoms with Crippen LogP contribution in [0.1, 0.15) is 15.9 Å². The number of methoxy groups -OCH3 is 1. The number of benzene rings is 3. The van der Waals surface area contributed by atoms with E-state index in [0.717, 1.165) is 16.7 Å².